The van der Waals surface area contributed by atoms with Crippen molar-refractivity contribution in [3.63, 3.8) is 0 Å². The van der Waals surface area contributed by atoms with Gasteiger partial charge in [-0.05, 0) is 131 Å². The van der Waals surface area contributed by atoms with Gasteiger partial charge in [-0.1, -0.05) is 29.4 Å². The number of morpholine rings is 1. The van der Waals surface area contributed by atoms with Crippen molar-refractivity contribution >= 4 is 29.6 Å². The van der Waals surface area contributed by atoms with Crippen molar-refractivity contribution in [1.29, 1.82) is 0 Å². The first-order chi connectivity index (χ1) is 35.9. The Kier molecular flexibility index (Phi) is 14.2. The number of hydrogen-bond donors (Lipinski definition) is 2. The highest BCUT2D eigenvalue weighted by Crippen LogP contribution is 2.71. The molecule has 12 atom stereocenters. The molecule has 2 N–H and O–H groups in total. The Morgan fingerprint density at radius 3 is 2.29 bits per heavy atom. The number of carbonyl (C=O) groups excluding carboxylic acids is 4. The minimum atomic E-state index is -1.72. The average molecular weight is 1050 g/mol. The number of carbonyl (C=O) groups is 4. The summed E-state index contributed by atoms with van der Waals surface area (Å²) in [5.74, 6) is -4.32. The van der Waals surface area contributed by atoms with E-state index in [0.29, 0.717) is 62.4 Å². The first-order valence-electron chi connectivity index (χ1n) is 26.7. The van der Waals surface area contributed by atoms with Gasteiger partial charge >= 0.3 is 11.9 Å². The molecule has 17 heteroatoms. The van der Waals surface area contributed by atoms with Crippen molar-refractivity contribution in [1.82, 2.24) is 4.90 Å². The Morgan fingerprint density at radius 1 is 0.895 bits per heavy atom. The summed E-state index contributed by atoms with van der Waals surface area (Å²) in [7, 11) is 1.30. The first-order valence-corrected chi connectivity index (χ1v) is 26.7. The molecule has 4 bridgehead atoms. The highest BCUT2D eigenvalue weighted by Gasteiger charge is 2.86. The average Bonchev–Trinajstić information content (AvgIpc) is 2.62. The van der Waals surface area contributed by atoms with Crippen LogP contribution in [0, 0.1) is 17.8 Å². The topological polar surface area (TPSA) is 204 Å². The van der Waals surface area contributed by atoms with E-state index in [4.69, 9.17) is 47.4 Å². The second-order valence-electron chi connectivity index (χ2n) is 23.4. The lowest BCUT2D eigenvalue weighted by Crippen LogP contribution is -2.82. The summed E-state index contributed by atoms with van der Waals surface area (Å²) in [6.07, 6.45) is 5.91. The number of aliphatic hydroxyl groups is 2. The van der Waals surface area contributed by atoms with E-state index >= 15 is 9.59 Å². The molecule has 0 radical (unpaired) electrons. The lowest BCUT2D eigenvalue weighted by atomic mass is 9.44. The number of benzene rings is 2. The lowest BCUT2D eigenvalue weighted by Gasteiger charge is -2.64. The number of methoxy groups -OCH3 is 1. The van der Waals surface area contributed by atoms with Crippen LogP contribution in [0.3, 0.4) is 0 Å². The fourth-order valence-electron chi connectivity index (χ4n) is 13.2. The molecular formula is C59H73NO16. The minimum Gasteiger partial charge on any atom is -0.482 e. The molecule has 76 heavy (non-hydrogen) atoms. The van der Waals surface area contributed by atoms with Gasteiger partial charge in [0.1, 0.15) is 52.8 Å². The number of Topliss-reactive ketones (excluding diaryl/α,β-unsaturated/α-hetero) is 2. The van der Waals surface area contributed by atoms with Crippen LogP contribution in [0.1, 0.15) is 127 Å². The van der Waals surface area contributed by atoms with Crippen LogP contribution in [0.4, 0.5) is 0 Å². The number of hydrogen-bond acceptors (Lipinski definition) is 17. The highest BCUT2D eigenvalue weighted by atomic mass is 16.8. The van der Waals surface area contributed by atoms with Crippen LogP contribution in [0.2, 0.25) is 0 Å². The predicted molar refractivity (Wildman–Crippen MR) is 276 cm³/mol. The van der Waals surface area contributed by atoms with Crippen molar-refractivity contribution in [3.05, 3.63) is 87.5 Å². The van der Waals surface area contributed by atoms with E-state index in [1.807, 2.05) is 66.7 Å². The van der Waals surface area contributed by atoms with Crippen LogP contribution in [0.15, 0.2) is 65.3 Å². The van der Waals surface area contributed by atoms with Crippen LogP contribution in [0.25, 0.3) is 6.08 Å². The second-order valence-corrected chi connectivity index (χ2v) is 23.4. The van der Waals surface area contributed by atoms with Crippen LogP contribution in [0.5, 0.6) is 23.0 Å². The van der Waals surface area contributed by atoms with Crippen LogP contribution in [-0.2, 0) is 44.4 Å². The molecule has 1 spiro atoms. The van der Waals surface area contributed by atoms with Gasteiger partial charge in [0.25, 0.3) is 0 Å². The van der Waals surface area contributed by atoms with Gasteiger partial charge < -0.3 is 57.6 Å². The molecule has 7 fully saturated rings. The molecule has 3 aliphatic carbocycles. The monoisotopic (exact) mass is 1050 g/mol. The minimum absolute atomic E-state index is 0.0439. The second kappa shape index (κ2) is 19.9. The summed E-state index contributed by atoms with van der Waals surface area (Å²) in [6.45, 7) is 20.9. The van der Waals surface area contributed by atoms with Crippen molar-refractivity contribution in [2.75, 3.05) is 40.0 Å². The number of nitrogens with zero attached hydrogens (tertiary/aromatic N) is 1. The van der Waals surface area contributed by atoms with Crippen molar-refractivity contribution in [2.45, 2.75) is 166 Å². The fourth-order valence-corrected chi connectivity index (χ4v) is 13.2. The maximum Gasteiger partial charge on any atom is 0.343 e. The number of ether oxygens (including phenoxy) is 10. The van der Waals surface area contributed by atoms with Crippen molar-refractivity contribution in [2.24, 2.45) is 17.8 Å². The maximum atomic E-state index is 16.7. The van der Waals surface area contributed by atoms with Crippen LogP contribution >= 0.6 is 0 Å². The zero-order valence-electron chi connectivity index (χ0n) is 45.5. The van der Waals surface area contributed by atoms with E-state index in [1.165, 1.54) is 36.9 Å². The third-order valence-electron chi connectivity index (χ3n) is 16.9. The smallest absolute Gasteiger partial charge is 0.343 e. The van der Waals surface area contributed by atoms with Crippen LogP contribution < -0.4 is 18.9 Å². The van der Waals surface area contributed by atoms with Gasteiger partial charge in [0.15, 0.2) is 34.3 Å². The normalized spacial score (nSPS) is 34.6. The summed E-state index contributed by atoms with van der Waals surface area (Å²) >= 11 is 0. The van der Waals surface area contributed by atoms with E-state index in [9.17, 15) is 19.8 Å². The third kappa shape index (κ3) is 9.05. The maximum absolute atomic E-state index is 16.7. The van der Waals surface area contributed by atoms with Gasteiger partial charge in [0, 0.05) is 48.5 Å². The van der Waals surface area contributed by atoms with Crippen molar-refractivity contribution < 1.29 is 76.8 Å². The third-order valence-corrected chi connectivity index (χ3v) is 16.9. The number of allylic oxidation sites excluding steroid dienone is 4. The number of esters is 2. The number of aliphatic hydroxyl groups excluding tert-OH is 2. The largest absolute Gasteiger partial charge is 0.482 e. The van der Waals surface area contributed by atoms with E-state index in [2.05, 4.69) is 11.0 Å². The molecular weight excluding hydrogens is 979 g/mol. The van der Waals surface area contributed by atoms with E-state index in [1.54, 1.807) is 26.8 Å². The standard InChI is InChI=1S/C59H73NO16/c1-31(2)13-12-22-57(10)23-21-37-47(74-57)36(19-14-32(3)4)49-41(48(37)72-53(66)34-15-17-35(18-16-34)70-54-46(63)45(62)50-39(71-54)30-69-56(8,9)73-50)44(61)42-43(60-25-27-68-28-26-60)38-29-40-55(6,7)76-58(51(38)64,59(40,42)75-49)24-20-33(5)52(65)67-11/h13-18,20-21,23,38-40,42-43,45-46,50,54,62-63H,12,19,22,24-30H2,1-11H3/b33-20-/t38-,39+,40+,42?,43?,45+,46+,50+,54+,57?,58?,59?/m0/s1. The summed E-state index contributed by atoms with van der Waals surface area (Å²) in [4.78, 5) is 62.3. The Balaban J connectivity index is 1.11. The molecule has 410 valence electrons. The molecule has 6 aliphatic heterocycles. The Morgan fingerprint density at radius 2 is 1.61 bits per heavy atom. The van der Waals surface area contributed by atoms with Gasteiger partial charge in [0.05, 0.1) is 49.6 Å². The summed E-state index contributed by atoms with van der Waals surface area (Å²) < 4.78 is 63.3. The van der Waals surface area contributed by atoms with Gasteiger partial charge in [-0.3, -0.25) is 14.5 Å². The van der Waals surface area contributed by atoms with Gasteiger partial charge in [-0.15, -0.1) is 0 Å². The van der Waals surface area contributed by atoms with Crippen LogP contribution in [-0.4, -0.2) is 144 Å². The molecule has 9 aliphatic rings. The van der Waals surface area contributed by atoms with E-state index < -0.39 is 94.6 Å². The molecule has 6 heterocycles. The lowest BCUT2D eigenvalue weighted by molar-refractivity contribution is -0.373. The number of fused-ring (bicyclic) bond motifs is 3. The zero-order valence-corrected chi connectivity index (χ0v) is 45.5. The predicted octanol–water partition coefficient (Wildman–Crippen LogP) is 7.21. The summed E-state index contributed by atoms with van der Waals surface area (Å²) in [5.41, 5.74) is -1.60. The summed E-state index contributed by atoms with van der Waals surface area (Å²) in [6, 6.07) is 5.39. The molecule has 2 aromatic rings. The van der Waals surface area contributed by atoms with E-state index in [-0.39, 0.29) is 65.0 Å². The Hall–Kier alpha value is -5.24. The summed E-state index contributed by atoms with van der Waals surface area (Å²) in [5, 5.41) is 22.1. The molecule has 17 nitrogen and oxygen atoms in total. The van der Waals surface area contributed by atoms with Gasteiger partial charge in [-0.2, -0.15) is 0 Å². The first kappa shape index (κ1) is 54.1. The number of rotatable bonds is 13. The van der Waals surface area contributed by atoms with Gasteiger partial charge in [-0.25, -0.2) is 9.59 Å². The fraction of sp³-hybridized carbons (Fsp3) is 0.593. The van der Waals surface area contributed by atoms with E-state index in [0.717, 1.165) is 5.57 Å². The molecule has 0 amide bonds. The zero-order chi connectivity index (χ0) is 54.4. The van der Waals surface area contributed by atoms with Gasteiger partial charge in [0.2, 0.25) is 6.29 Å². The molecule has 4 saturated heterocycles. The highest BCUT2D eigenvalue weighted by molar-refractivity contribution is 6.11. The SMILES string of the molecule is COC(=O)/C(C)=C\CC12OC(C)(C)[C@H]3C[C@H](C1=O)C(N1CCOCC1)C1C(=O)c4c(OC(=O)c5ccc(O[C@@H]6O[C@@H]7COC(C)(C)O[C@H]7[C@H](O)[C@H]6O)cc5)c5c(c(CC=C(C)C)c4OC132)OC(C)(CCC=C(C)C)C=C5. The Bertz CT molecular complexity index is 2790. The number of ketones is 2. The molecule has 11 rings (SSSR count). The molecule has 0 aromatic heterocycles. The molecule has 2 aromatic carbocycles. The molecule has 3 saturated carbocycles. The van der Waals surface area contributed by atoms with Crippen molar-refractivity contribution in [3.8, 4) is 23.0 Å². The quantitative estimate of drug-likeness (QED) is 0.0880. The molecule has 5 unspecified atom stereocenters. The Labute approximate surface area is 444 Å².